The molecule has 0 fully saturated rings. The Kier molecular flexibility index (Phi) is 5.93. The van der Waals surface area contributed by atoms with Gasteiger partial charge in [-0.05, 0) is 60.2 Å². The molecule has 0 radical (unpaired) electrons. The van der Waals surface area contributed by atoms with Gasteiger partial charge in [-0.2, -0.15) is 0 Å². The van der Waals surface area contributed by atoms with Gasteiger partial charge in [0, 0.05) is 11.1 Å². The fourth-order valence-electron chi connectivity index (χ4n) is 3.25. The molecule has 27 heavy (non-hydrogen) atoms. The van der Waals surface area contributed by atoms with Crippen LogP contribution in [0.3, 0.4) is 0 Å². The maximum atomic E-state index is 11.0. The maximum absolute atomic E-state index is 11.0. The molecule has 0 atom stereocenters. The van der Waals surface area contributed by atoms with Crippen LogP contribution in [0, 0.1) is 0 Å². The minimum atomic E-state index is 0.349. The zero-order valence-corrected chi connectivity index (χ0v) is 16.2. The van der Waals surface area contributed by atoms with Gasteiger partial charge in [0.2, 0.25) is 0 Å². The second kappa shape index (κ2) is 8.55. The number of hydrogen-bond acceptors (Lipinski definition) is 1. The minimum absolute atomic E-state index is 0.349. The van der Waals surface area contributed by atoms with Crippen molar-refractivity contribution in [2.24, 2.45) is 0 Å². The highest BCUT2D eigenvalue weighted by atomic mass is 16.3. The van der Waals surface area contributed by atoms with E-state index in [1.165, 1.54) is 5.56 Å². The van der Waals surface area contributed by atoms with Crippen molar-refractivity contribution in [3.05, 3.63) is 101 Å². The number of hydrogen-bond donors (Lipinski definition) is 1. The lowest BCUT2D eigenvalue weighted by Crippen LogP contribution is -1.93. The average molecular weight is 354 g/mol. The monoisotopic (exact) mass is 354 g/mol. The van der Waals surface area contributed by atoms with Crippen LogP contribution in [0.2, 0.25) is 0 Å². The molecule has 0 aromatic heterocycles. The molecule has 0 heterocycles. The Labute approximate surface area is 162 Å². The van der Waals surface area contributed by atoms with Crippen LogP contribution < -0.4 is 0 Å². The lowest BCUT2D eigenvalue weighted by molar-refractivity contribution is 0.471. The Morgan fingerprint density at radius 2 is 1.15 bits per heavy atom. The van der Waals surface area contributed by atoms with E-state index in [1.807, 2.05) is 36.4 Å². The van der Waals surface area contributed by atoms with Gasteiger partial charge in [-0.1, -0.05) is 79.7 Å². The number of benzene rings is 3. The molecule has 0 spiro atoms. The van der Waals surface area contributed by atoms with Crippen LogP contribution in [-0.2, 0) is 6.42 Å². The normalized spacial score (nSPS) is 12.3. The summed E-state index contributed by atoms with van der Waals surface area (Å²) in [5.74, 6) is 0.349. The Morgan fingerprint density at radius 3 is 1.52 bits per heavy atom. The van der Waals surface area contributed by atoms with Gasteiger partial charge in [0.05, 0.1) is 0 Å². The molecule has 1 nitrogen and oxygen atoms in total. The molecule has 136 valence electrons. The smallest absolute Gasteiger partial charge is 0.130 e. The molecule has 0 saturated carbocycles. The molecule has 0 saturated heterocycles. The molecule has 1 heteroatoms. The SMILES string of the molecule is CCc1cc(C(C)=Cc2ccccc2)c(O)c(C(C)=Cc2ccccc2)c1. The molecule has 0 aliphatic rings. The van der Waals surface area contributed by atoms with E-state index in [0.717, 1.165) is 39.8 Å². The van der Waals surface area contributed by atoms with E-state index in [9.17, 15) is 5.11 Å². The zero-order chi connectivity index (χ0) is 19.2. The number of phenols is 1. The molecule has 1 N–H and O–H groups in total. The first-order valence-corrected chi connectivity index (χ1v) is 9.42. The summed E-state index contributed by atoms with van der Waals surface area (Å²) in [4.78, 5) is 0. The fourth-order valence-corrected chi connectivity index (χ4v) is 3.25. The second-order valence-electron chi connectivity index (χ2n) is 6.87. The Morgan fingerprint density at radius 1 is 0.741 bits per heavy atom. The zero-order valence-electron chi connectivity index (χ0n) is 16.2. The van der Waals surface area contributed by atoms with E-state index >= 15 is 0 Å². The molecule has 0 bridgehead atoms. The predicted octanol–water partition coefficient (Wildman–Crippen LogP) is 7.08. The third-order valence-corrected chi connectivity index (χ3v) is 4.79. The van der Waals surface area contributed by atoms with Crippen LogP contribution in [0.15, 0.2) is 72.8 Å². The van der Waals surface area contributed by atoms with Crippen molar-refractivity contribution in [2.45, 2.75) is 27.2 Å². The Hall–Kier alpha value is -3.06. The topological polar surface area (TPSA) is 20.2 Å². The minimum Gasteiger partial charge on any atom is -0.507 e. The van der Waals surface area contributed by atoms with Crippen LogP contribution >= 0.6 is 0 Å². The summed E-state index contributed by atoms with van der Waals surface area (Å²) in [5, 5.41) is 11.0. The van der Waals surface area contributed by atoms with Crippen molar-refractivity contribution in [1.29, 1.82) is 0 Å². The predicted molar refractivity (Wildman–Crippen MR) is 117 cm³/mol. The maximum Gasteiger partial charge on any atom is 0.130 e. The molecule has 0 aliphatic heterocycles. The summed E-state index contributed by atoms with van der Waals surface area (Å²) in [6, 6.07) is 24.6. The highest BCUT2D eigenvalue weighted by Crippen LogP contribution is 2.36. The van der Waals surface area contributed by atoms with Gasteiger partial charge in [0.15, 0.2) is 0 Å². The van der Waals surface area contributed by atoms with E-state index in [2.05, 4.69) is 69.3 Å². The van der Waals surface area contributed by atoms with Gasteiger partial charge < -0.3 is 5.11 Å². The summed E-state index contributed by atoms with van der Waals surface area (Å²) in [7, 11) is 0. The fraction of sp³-hybridized carbons (Fsp3) is 0.154. The summed E-state index contributed by atoms with van der Waals surface area (Å²) in [6.07, 6.45) is 5.17. The molecule has 3 aromatic carbocycles. The second-order valence-corrected chi connectivity index (χ2v) is 6.87. The van der Waals surface area contributed by atoms with Gasteiger partial charge in [-0.15, -0.1) is 0 Å². The molecular weight excluding hydrogens is 328 g/mol. The lowest BCUT2D eigenvalue weighted by atomic mass is 9.93. The molecule has 3 rings (SSSR count). The summed E-state index contributed by atoms with van der Waals surface area (Å²) in [5.41, 5.74) is 7.40. The Balaban J connectivity index is 2.07. The van der Waals surface area contributed by atoms with Crippen LogP contribution in [-0.4, -0.2) is 5.11 Å². The van der Waals surface area contributed by atoms with Crippen LogP contribution in [0.1, 0.15) is 48.6 Å². The van der Waals surface area contributed by atoms with Crippen molar-refractivity contribution in [3.63, 3.8) is 0 Å². The number of aromatic hydroxyl groups is 1. The molecular formula is C26H26O. The number of phenolic OH excluding ortho intramolecular Hbond substituents is 1. The van der Waals surface area contributed by atoms with Gasteiger partial charge in [-0.3, -0.25) is 0 Å². The van der Waals surface area contributed by atoms with E-state index < -0.39 is 0 Å². The summed E-state index contributed by atoms with van der Waals surface area (Å²) >= 11 is 0. The van der Waals surface area contributed by atoms with Crippen LogP contribution in [0.25, 0.3) is 23.3 Å². The first-order valence-electron chi connectivity index (χ1n) is 9.42. The summed E-state index contributed by atoms with van der Waals surface area (Å²) in [6.45, 7) is 6.26. The standard InChI is InChI=1S/C26H26O/c1-4-21-17-24(19(2)15-22-11-7-5-8-12-22)26(27)25(18-21)20(3)16-23-13-9-6-10-14-23/h5-18,27H,4H2,1-3H3. The van der Waals surface area contributed by atoms with E-state index in [-0.39, 0.29) is 0 Å². The number of rotatable bonds is 5. The van der Waals surface area contributed by atoms with Gasteiger partial charge in [0.1, 0.15) is 5.75 Å². The van der Waals surface area contributed by atoms with Gasteiger partial charge >= 0.3 is 0 Å². The van der Waals surface area contributed by atoms with Crippen molar-refractivity contribution >= 4 is 23.3 Å². The van der Waals surface area contributed by atoms with Crippen LogP contribution in [0.5, 0.6) is 5.75 Å². The van der Waals surface area contributed by atoms with Crippen LogP contribution in [0.4, 0.5) is 0 Å². The highest BCUT2D eigenvalue weighted by molar-refractivity contribution is 5.89. The van der Waals surface area contributed by atoms with Crippen molar-refractivity contribution in [1.82, 2.24) is 0 Å². The number of aryl methyl sites for hydroxylation is 1. The average Bonchev–Trinajstić information content (AvgIpc) is 2.69. The largest absolute Gasteiger partial charge is 0.507 e. The third-order valence-electron chi connectivity index (χ3n) is 4.79. The first-order chi connectivity index (χ1) is 13.1. The third kappa shape index (κ3) is 4.57. The van der Waals surface area contributed by atoms with E-state index in [1.54, 1.807) is 0 Å². The summed E-state index contributed by atoms with van der Waals surface area (Å²) < 4.78 is 0. The number of allylic oxidation sites excluding steroid dienone is 2. The van der Waals surface area contributed by atoms with E-state index in [4.69, 9.17) is 0 Å². The van der Waals surface area contributed by atoms with Crippen molar-refractivity contribution in [2.75, 3.05) is 0 Å². The first kappa shape index (κ1) is 18.7. The van der Waals surface area contributed by atoms with Gasteiger partial charge in [0.25, 0.3) is 0 Å². The quantitative estimate of drug-likeness (QED) is 0.486. The van der Waals surface area contributed by atoms with E-state index in [0.29, 0.717) is 5.75 Å². The lowest BCUT2D eigenvalue weighted by Gasteiger charge is -2.14. The molecule has 0 unspecified atom stereocenters. The van der Waals surface area contributed by atoms with Crippen molar-refractivity contribution < 1.29 is 5.11 Å². The molecule has 0 aliphatic carbocycles. The molecule has 3 aromatic rings. The van der Waals surface area contributed by atoms with Crippen molar-refractivity contribution in [3.8, 4) is 5.75 Å². The Bertz CT molecular complexity index is 887. The molecule has 0 amide bonds. The van der Waals surface area contributed by atoms with Gasteiger partial charge in [-0.25, -0.2) is 0 Å². The highest BCUT2D eigenvalue weighted by Gasteiger charge is 2.12.